The number of halogens is 1. The van der Waals surface area contributed by atoms with Crippen LogP contribution in [0.5, 0.6) is 5.75 Å². The molecule has 1 aromatic rings. The first-order chi connectivity index (χ1) is 8.93. The van der Waals surface area contributed by atoms with E-state index in [9.17, 15) is 9.59 Å². The molecule has 0 radical (unpaired) electrons. The van der Waals surface area contributed by atoms with Crippen molar-refractivity contribution in [3.8, 4) is 5.75 Å². The van der Waals surface area contributed by atoms with Gasteiger partial charge in [-0.05, 0) is 24.1 Å². The van der Waals surface area contributed by atoms with Crippen LogP contribution < -0.4 is 11.1 Å². The van der Waals surface area contributed by atoms with Crippen LogP contribution in [0.2, 0.25) is 0 Å². The van der Waals surface area contributed by atoms with Gasteiger partial charge in [0.05, 0.1) is 6.04 Å². The fraction of sp³-hybridized carbons (Fsp3) is 0.385. The highest BCUT2D eigenvalue weighted by molar-refractivity contribution is 5.86. The minimum atomic E-state index is -1.12. The monoisotopic (exact) mass is 302 g/mol. The number of nitrogens with one attached hydrogen (secondary N) is 1. The van der Waals surface area contributed by atoms with Crippen LogP contribution in [-0.4, -0.2) is 34.2 Å². The maximum atomic E-state index is 11.6. The number of phenolic OH excluding ortho intramolecular Hbond substituents is 1. The number of carbonyl (C=O) groups is 2. The first-order valence-electron chi connectivity index (χ1n) is 6.00. The largest absolute Gasteiger partial charge is 0.508 e. The highest BCUT2D eigenvalue weighted by atomic mass is 35.5. The molecule has 112 valence electrons. The highest BCUT2D eigenvalue weighted by Gasteiger charge is 2.22. The quantitative estimate of drug-likeness (QED) is 0.617. The molecule has 1 amide bonds. The summed E-state index contributed by atoms with van der Waals surface area (Å²) >= 11 is 0. The average Bonchev–Trinajstić information content (AvgIpc) is 2.39. The van der Waals surface area contributed by atoms with Crippen molar-refractivity contribution in [3.05, 3.63) is 29.8 Å². The van der Waals surface area contributed by atoms with Gasteiger partial charge in [0.15, 0.2) is 0 Å². The number of nitrogens with two attached hydrogens (primary N) is 1. The van der Waals surface area contributed by atoms with Gasteiger partial charge in [0, 0.05) is 6.42 Å². The fourth-order valence-corrected chi connectivity index (χ4v) is 1.53. The number of rotatable bonds is 6. The minimum absolute atomic E-state index is 0. The van der Waals surface area contributed by atoms with E-state index in [0.717, 1.165) is 0 Å². The normalized spacial score (nSPS) is 12.9. The third-order valence-corrected chi connectivity index (χ3v) is 2.77. The number of hydrogen-bond acceptors (Lipinski definition) is 4. The zero-order chi connectivity index (χ0) is 14.4. The summed E-state index contributed by atoms with van der Waals surface area (Å²) in [6.45, 7) is 1.75. The molecule has 2 atom stereocenters. The van der Waals surface area contributed by atoms with Crippen molar-refractivity contribution in [1.29, 1.82) is 0 Å². The summed E-state index contributed by atoms with van der Waals surface area (Å²) in [6, 6.07) is 4.41. The fourth-order valence-electron chi connectivity index (χ4n) is 1.53. The molecule has 0 aromatic heterocycles. The Labute approximate surface area is 123 Å². The predicted molar refractivity (Wildman–Crippen MR) is 76.9 cm³/mol. The molecule has 20 heavy (non-hydrogen) atoms. The summed E-state index contributed by atoms with van der Waals surface area (Å²) in [5.74, 6) is -1.49. The topological polar surface area (TPSA) is 113 Å². The van der Waals surface area contributed by atoms with Crippen LogP contribution >= 0.6 is 12.4 Å². The Morgan fingerprint density at radius 3 is 2.30 bits per heavy atom. The Morgan fingerprint density at radius 1 is 1.30 bits per heavy atom. The number of phenols is 1. The number of aromatic hydroxyl groups is 1. The maximum absolute atomic E-state index is 11.6. The van der Waals surface area contributed by atoms with Gasteiger partial charge in [-0.3, -0.25) is 4.79 Å². The van der Waals surface area contributed by atoms with Gasteiger partial charge in [0.1, 0.15) is 11.8 Å². The second-order valence-electron chi connectivity index (χ2n) is 4.28. The molecule has 1 rings (SSSR count). The van der Waals surface area contributed by atoms with Gasteiger partial charge in [-0.15, -0.1) is 12.4 Å². The van der Waals surface area contributed by atoms with Crippen LogP contribution in [0.15, 0.2) is 24.3 Å². The molecular weight excluding hydrogens is 284 g/mol. The second-order valence-corrected chi connectivity index (χ2v) is 4.28. The molecule has 0 heterocycles. The van der Waals surface area contributed by atoms with Gasteiger partial charge in [0.25, 0.3) is 0 Å². The number of carbonyl (C=O) groups excluding carboxylic acids is 1. The van der Waals surface area contributed by atoms with Crippen LogP contribution in [0.25, 0.3) is 0 Å². The molecule has 0 aliphatic rings. The number of carboxylic acids is 1. The average molecular weight is 303 g/mol. The molecule has 0 unspecified atom stereocenters. The van der Waals surface area contributed by atoms with E-state index in [2.05, 4.69) is 5.32 Å². The summed E-state index contributed by atoms with van der Waals surface area (Å²) in [6.07, 6.45) is 0.579. The lowest BCUT2D eigenvalue weighted by Gasteiger charge is -2.17. The Hall–Kier alpha value is -1.79. The Bertz CT molecular complexity index is 450. The van der Waals surface area contributed by atoms with Crippen LogP contribution in [-0.2, 0) is 16.0 Å². The van der Waals surface area contributed by atoms with Gasteiger partial charge in [-0.1, -0.05) is 19.1 Å². The molecule has 0 bridgehead atoms. The molecule has 5 N–H and O–H groups in total. The molecule has 0 fully saturated rings. The molecule has 0 aliphatic carbocycles. The second kappa shape index (κ2) is 8.39. The molecule has 7 heteroatoms. The lowest BCUT2D eigenvalue weighted by Crippen LogP contribution is -2.49. The third-order valence-electron chi connectivity index (χ3n) is 2.77. The van der Waals surface area contributed by atoms with Crippen LogP contribution in [0, 0.1) is 0 Å². The minimum Gasteiger partial charge on any atom is -0.508 e. The van der Waals surface area contributed by atoms with E-state index in [1.807, 2.05) is 0 Å². The van der Waals surface area contributed by atoms with Gasteiger partial charge in [-0.2, -0.15) is 0 Å². The molecule has 0 saturated heterocycles. The van der Waals surface area contributed by atoms with Crippen LogP contribution in [0.3, 0.4) is 0 Å². The van der Waals surface area contributed by atoms with Crippen molar-refractivity contribution in [3.63, 3.8) is 0 Å². The number of amides is 1. The summed E-state index contributed by atoms with van der Waals surface area (Å²) in [5, 5.41) is 20.6. The third kappa shape index (κ3) is 5.46. The summed E-state index contributed by atoms with van der Waals surface area (Å²) < 4.78 is 0. The zero-order valence-electron chi connectivity index (χ0n) is 11.1. The predicted octanol–water partition coefficient (Wildman–Crippen LogP) is 0.663. The summed E-state index contributed by atoms with van der Waals surface area (Å²) in [5.41, 5.74) is 6.24. The van der Waals surface area contributed by atoms with Crippen molar-refractivity contribution in [2.75, 3.05) is 0 Å². The van der Waals surface area contributed by atoms with E-state index in [1.165, 1.54) is 12.1 Å². The number of carboxylic acid groups (broad SMARTS) is 1. The van der Waals surface area contributed by atoms with Crippen LogP contribution in [0.1, 0.15) is 18.9 Å². The summed E-state index contributed by atoms with van der Waals surface area (Å²) in [7, 11) is 0. The maximum Gasteiger partial charge on any atom is 0.326 e. The first kappa shape index (κ1) is 18.2. The van der Waals surface area contributed by atoms with Gasteiger partial charge < -0.3 is 21.3 Å². The molecule has 0 saturated carbocycles. The zero-order valence-corrected chi connectivity index (χ0v) is 11.9. The molecule has 0 aliphatic heterocycles. The molecule has 0 spiro atoms. The summed E-state index contributed by atoms with van der Waals surface area (Å²) in [4.78, 5) is 22.7. The lowest BCUT2D eigenvalue weighted by molar-refractivity contribution is -0.142. The van der Waals surface area contributed by atoms with Crippen molar-refractivity contribution < 1.29 is 19.8 Å². The van der Waals surface area contributed by atoms with Gasteiger partial charge in [-0.25, -0.2) is 4.79 Å². The molecule has 6 nitrogen and oxygen atoms in total. The Morgan fingerprint density at radius 2 is 1.85 bits per heavy atom. The Balaban J connectivity index is 0.00000361. The van der Waals surface area contributed by atoms with E-state index in [4.69, 9.17) is 15.9 Å². The van der Waals surface area contributed by atoms with E-state index in [-0.39, 0.29) is 24.6 Å². The van der Waals surface area contributed by atoms with E-state index in [0.29, 0.717) is 12.0 Å². The van der Waals surface area contributed by atoms with E-state index in [1.54, 1.807) is 19.1 Å². The van der Waals surface area contributed by atoms with Crippen molar-refractivity contribution in [2.45, 2.75) is 31.8 Å². The number of hydrogen-bond donors (Lipinski definition) is 4. The highest BCUT2D eigenvalue weighted by Crippen LogP contribution is 2.11. The first-order valence-corrected chi connectivity index (χ1v) is 6.00. The van der Waals surface area contributed by atoms with Gasteiger partial charge >= 0.3 is 5.97 Å². The lowest BCUT2D eigenvalue weighted by atomic mass is 10.1. The SMILES string of the molecule is CC[C@H](N)C(=O)N[C@@H](Cc1ccc(O)cc1)C(=O)O.Cl. The molecular formula is C13H19ClN2O4. The van der Waals surface area contributed by atoms with Crippen molar-refractivity contribution in [1.82, 2.24) is 5.32 Å². The van der Waals surface area contributed by atoms with E-state index >= 15 is 0 Å². The smallest absolute Gasteiger partial charge is 0.326 e. The Kier molecular flexibility index (Phi) is 7.64. The van der Waals surface area contributed by atoms with Gasteiger partial charge in [0.2, 0.25) is 5.91 Å². The van der Waals surface area contributed by atoms with E-state index < -0.39 is 24.0 Å². The standard InChI is InChI=1S/C13H18N2O4.ClH/c1-2-10(14)12(17)15-11(13(18)19)7-8-3-5-9(16)6-4-8;/h3-6,10-11,16H,2,7,14H2,1H3,(H,15,17)(H,18,19);1H/t10-,11-;/m0./s1. The van der Waals surface area contributed by atoms with Crippen molar-refractivity contribution in [2.24, 2.45) is 5.73 Å². The molecule has 1 aromatic carbocycles. The van der Waals surface area contributed by atoms with Crippen LogP contribution in [0.4, 0.5) is 0 Å². The number of aliphatic carboxylic acids is 1. The number of benzene rings is 1. The van der Waals surface area contributed by atoms with Crippen molar-refractivity contribution >= 4 is 24.3 Å².